The third kappa shape index (κ3) is 4.03. The van der Waals surface area contributed by atoms with Gasteiger partial charge in [-0.05, 0) is 42.8 Å². The molecule has 3 aromatic rings. The van der Waals surface area contributed by atoms with Crippen molar-refractivity contribution in [2.75, 3.05) is 24.7 Å². The van der Waals surface area contributed by atoms with Crippen LogP contribution in [0.5, 0.6) is 11.5 Å². The lowest BCUT2D eigenvalue weighted by Gasteiger charge is -2.18. The Morgan fingerprint density at radius 2 is 1.97 bits per heavy atom. The largest absolute Gasteiger partial charge is 0.486 e. The summed E-state index contributed by atoms with van der Waals surface area (Å²) in [6, 6.07) is 15.1. The highest BCUT2D eigenvalue weighted by Crippen LogP contribution is 2.34. The van der Waals surface area contributed by atoms with Gasteiger partial charge >= 0.3 is 0 Å². The maximum atomic E-state index is 12.7. The normalized spacial score (nSPS) is 17.5. The highest BCUT2D eigenvalue weighted by atomic mass is 16.6. The molecule has 2 aliphatic heterocycles. The van der Waals surface area contributed by atoms with Crippen molar-refractivity contribution in [2.45, 2.75) is 19.9 Å². The van der Waals surface area contributed by atoms with Crippen LogP contribution in [0.25, 0.3) is 11.3 Å². The van der Waals surface area contributed by atoms with E-state index in [1.54, 1.807) is 11.0 Å². The zero-order valence-electron chi connectivity index (χ0n) is 17.7. The first-order chi connectivity index (χ1) is 15.6. The van der Waals surface area contributed by atoms with Gasteiger partial charge in [-0.2, -0.15) is 0 Å². The van der Waals surface area contributed by atoms with Crippen molar-refractivity contribution in [3.05, 3.63) is 59.8 Å². The average molecular weight is 433 g/mol. The minimum absolute atomic E-state index is 0.0434. The summed E-state index contributed by atoms with van der Waals surface area (Å²) in [6.07, 6.45) is 0.195. The predicted octanol–water partition coefficient (Wildman–Crippen LogP) is 3.09. The van der Waals surface area contributed by atoms with Crippen LogP contribution in [0.15, 0.2) is 53.1 Å². The molecule has 1 unspecified atom stereocenters. The van der Waals surface area contributed by atoms with Crippen LogP contribution in [-0.4, -0.2) is 36.7 Å². The SMILES string of the molecule is Cc1cccc(N2CC(C(=O)NCc3cc(-c4ccc5c(c4)OCCO5)on3)CC2=O)c1. The van der Waals surface area contributed by atoms with Crippen LogP contribution < -0.4 is 19.7 Å². The number of hydrogen-bond acceptors (Lipinski definition) is 6. The molecule has 2 amide bonds. The maximum Gasteiger partial charge on any atom is 0.227 e. The van der Waals surface area contributed by atoms with Crippen molar-refractivity contribution in [3.63, 3.8) is 0 Å². The van der Waals surface area contributed by atoms with Gasteiger partial charge in [-0.25, -0.2) is 0 Å². The monoisotopic (exact) mass is 433 g/mol. The predicted molar refractivity (Wildman–Crippen MR) is 116 cm³/mol. The lowest BCUT2D eigenvalue weighted by molar-refractivity contribution is -0.126. The van der Waals surface area contributed by atoms with Crippen LogP contribution >= 0.6 is 0 Å². The molecule has 1 aromatic heterocycles. The number of carbonyl (C=O) groups is 2. The standard InChI is InChI=1S/C24H23N3O5/c1-15-3-2-4-19(9-15)27-14-17(11-23(27)28)24(29)25-13-18-12-21(32-26-18)16-5-6-20-22(10-16)31-8-7-30-20/h2-6,9-10,12,17H,7-8,11,13-14H2,1H3,(H,25,29). The number of aromatic nitrogens is 1. The van der Waals surface area contributed by atoms with Crippen molar-refractivity contribution in [2.24, 2.45) is 5.92 Å². The van der Waals surface area contributed by atoms with Gasteiger partial charge in [0.15, 0.2) is 17.3 Å². The van der Waals surface area contributed by atoms with Crippen LogP contribution in [0.4, 0.5) is 5.69 Å². The second kappa shape index (κ2) is 8.37. The molecule has 0 aliphatic carbocycles. The van der Waals surface area contributed by atoms with Gasteiger partial charge in [0, 0.05) is 30.3 Å². The fraction of sp³-hybridized carbons (Fsp3) is 0.292. The van der Waals surface area contributed by atoms with Gasteiger partial charge < -0.3 is 24.2 Å². The fourth-order valence-corrected chi connectivity index (χ4v) is 3.98. The van der Waals surface area contributed by atoms with Crippen LogP contribution in [0.1, 0.15) is 17.7 Å². The molecule has 0 radical (unpaired) electrons. The molecule has 1 N–H and O–H groups in total. The van der Waals surface area contributed by atoms with E-state index in [4.69, 9.17) is 14.0 Å². The van der Waals surface area contributed by atoms with Gasteiger partial charge in [-0.3, -0.25) is 9.59 Å². The highest BCUT2D eigenvalue weighted by Gasteiger charge is 2.35. The van der Waals surface area contributed by atoms with Crippen LogP contribution in [-0.2, 0) is 16.1 Å². The highest BCUT2D eigenvalue weighted by molar-refractivity contribution is 6.00. The molecule has 164 valence electrons. The van der Waals surface area contributed by atoms with Gasteiger partial charge in [0.2, 0.25) is 11.8 Å². The van der Waals surface area contributed by atoms with Crippen LogP contribution in [0.3, 0.4) is 0 Å². The second-order valence-corrected chi connectivity index (χ2v) is 8.00. The van der Waals surface area contributed by atoms with E-state index in [9.17, 15) is 9.59 Å². The lowest BCUT2D eigenvalue weighted by Crippen LogP contribution is -2.32. The van der Waals surface area contributed by atoms with E-state index in [0.717, 1.165) is 16.8 Å². The molecule has 0 spiro atoms. The molecule has 8 nitrogen and oxygen atoms in total. The number of carbonyl (C=O) groups excluding carboxylic acids is 2. The zero-order valence-corrected chi connectivity index (χ0v) is 17.7. The summed E-state index contributed by atoms with van der Waals surface area (Å²) in [5, 5.41) is 6.93. The van der Waals surface area contributed by atoms with E-state index in [1.165, 1.54) is 0 Å². The summed E-state index contributed by atoms with van der Waals surface area (Å²) < 4.78 is 16.6. The molecule has 8 heteroatoms. The molecule has 0 bridgehead atoms. The lowest BCUT2D eigenvalue weighted by atomic mass is 10.1. The van der Waals surface area contributed by atoms with Crippen molar-refractivity contribution >= 4 is 17.5 Å². The molecule has 32 heavy (non-hydrogen) atoms. The average Bonchev–Trinajstić information content (AvgIpc) is 3.44. The Bertz CT molecular complexity index is 1170. The number of rotatable bonds is 5. The zero-order chi connectivity index (χ0) is 22.1. The quantitative estimate of drug-likeness (QED) is 0.665. The molecule has 1 atom stereocenters. The third-order valence-corrected chi connectivity index (χ3v) is 5.64. The molecule has 1 fully saturated rings. The number of nitrogens with zero attached hydrogens (tertiary/aromatic N) is 2. The first-order valence-corrected chi connectivity index (χ1v) is 10.6. The van der Waals surface area contributed by atoms with Gasteiger partial charge in [-0.1, -0.05) is 17.3 Å². The van der Waals surface area contributed by atoms with Crippen LogP contribution in [0, 0.1) is 12.8 Å². The summed E-state index contributed by atoms with van der Waals surface area (Å²) in [5.74, 6) is 1.34. The van der Waals surface area contributed by atoms with Crippen LogP contribution in [0.2, 0.25) is 0 Å². The third-order valence-electron chi connectivity index (χ3n) is 5.64. The van der Waals surface area contributed by atoms with E-state index in [1.807, 2.05) is 49.4 Å². The Morgan fingerprint density at radius 1 is 1.12 bits per heavy atom. The maximum absolute atomic E-state index is 12.7. The fourth-order valence-electron chi connectivity index (χ4n) is 3.98. The first-order valence-electron chi connectivity index (χ1n) is 10.6. The van der Waals surface area contributed by atoms with Gasteiger partial charge in [0.05, 0.1) is 12.5 Å². The summed E-state index contributed by atoms with van der Waals surface area (Å²) in [4.78, 5) is 26.8. The van der Waals surface area contributed by atoms with Crippen molar-refractivity contribution in [1.29, 1.82) is 0 Å². The molecule has 5 rings (SSSR count). The Morgan fingerprint density at radius 3 is 2.81 bits per heavy atom. The Balaban J connectivity index is 1.20. The molecule has 0 saturated carbocycles. The first kappa shape index (κ1) is 20.1. The number of hydrogen-bond donors (Lipinski definition) is 1. The topological polar surface area (TPSA) is 93.9 Å². The Kier molecular flexibility index (Phi) is 5.26. The van der Waals surface area contributed by atoms with E-state index < -0.39 is 5.92 Å². The molecule has 1 saturated heterocycles. The van der Waals surface area contributed by atoms with Crippen molar-refractivity contribution in [1.82, 2.24) is 10.5 Å². The van der Waals surface area contributed by atoms with E-state index >= 15 is 0 Å². The molecule has 2 aliphatic rings. The number of anilines is 1. The number of amides is 2. The summed E-state index contributed by atoms with van der Waals surface area (Å²) >= 11 is 0. The van der Waals surface area contributed by atoms with Crippen molar-refractivity contribution < 1.29 is 23.6 Å². The minimum Gasteiger partial charge on any atom is -0.486 e. The number of benzene rings is 2. The molecular formula is C24H23N3O5. The summed E-state index contributed by atoms with van der Waals surface area (Å²) in [5.41, 5.74) is 3.31. The number of ether oxygens (including phenoxy) is 2. The molecular weight excluding hydrogens is 410 g/mol. The minimum atomic E-state index is -0.396. The van der Waals surface area contributed by atoms with E-state index in [0.29, 0.717) is 42.7 Å². The summed E-state index contributed by atoms with van der Waals surface area (Å²) in [6.45, 7) is 3.62. The summed E-state index contributed by atoms with van der Waals surface area (Å²) in [7, 11) is 0. The number of aryl methyl sites for hydroxylation is 1. The molecule has 2 aromatic carbocycles. The Hall–Kier alpha value is -3.81. The second-order valence-electron chi connectivity index (χ2n) is 8.00. The number of nitrogens with one attached hydrogen (secondary N) is 1. The number of fused-ring (bicyclic) bond motifs is 1. The Labute approximate surface area is 185 Å². The van der Waals surface area contributed by atoms with Gasteiger partial charge in [0.1, 0.15) is 18.9 Å². The van der Waals surface area contributed by atoms with E-state index in [-0.39, 0.29) is 24.8 Å². The van der Waals surface area contributed by atoms with Crippen molar-refractivity contribution in [3.8, 4) is 22.8 Å². The molecule has 3 heterocycles. The van der Waals surface area contributed by atoms with E-state index in [2.05, 4.69) is 10.5 Å². The van der Waals surface area contributed by atoms with Gasteiger partial charge in [0.25, 0.3) is 0 Å². The smallest absolute Gasteiger partial charge is 0.227 e. The van der Waals surface area contributed by atoms with Gasteiger partial charge in [-0.15, -0.1) is 0 Å².